The van der Waals surface area contributed by atoms with Crippen LogP contribution in [-0.4, -0.2) is 41.9 Å². The number of aromatic amines is 1. The molecule has 2 aromatic rings. The fraction of sp³-hybridized carbons (Fsp3) is 0.409. The Labute approximate surface area is 175 Å². The van der Waals surface area contributed by atoms with E-state index in [2.05, 4.69) is 21.5 Å². The maximum absolute atomic E-state index is 12.8. The van der Waals surface area contributed by atoms with Crippen molar-refractivity contribution in [1.82, 2.24) is 15.6 Å². The molecule has 1 heterocycles. The molecule has 0 bridgehead atoms. The second-order valence-corrected chi connectivity index (χ2v) is 7.49. The summed E-state index contributed by atoms with van der Waals surface area (Å²) in [6.45, 7) is 3.90. The molecular formula is C22H28N4O4. The Kier molecular flexibility index (Phi) is 7.87. The number of ether oxygens (including phenoxy) is 1. The summed E-state index contributed by atoms with van der Waals surface area (Å²) in [7, 11) is 1.56. The number of H-pyrrole nitrogens is 1. The van der Waals surface area contributed by atoms with Crippen LogP contribution in [0.25, 0.3) is 10.9 Å². The Bertz CT molecular complexity index is 958. The zero-order valence-electron chi connectivity index (χ0n) is 17.5. The third-order valence-electron chi connectivity index (χ3n) is 4.61. The number of carbonyl (C=O) groups excluding carboxylic acids is 3. The fourth-order valence-corrected chi connectivity index (χ4v) is 3.12. The lowest BCUT2D eigenvalue weighted by Gasteiger charge is -2.22. The van der Waals surface area contributed by atoms with E-state index in [0.29, 0.717) is 17.9 Å². The molecule has 0 radical (unpaired) electrons. The molecule has 0 unspecified atom stereocenters. The maximum atomic E-state index is 12.8. The molecule has 3 amide bonds. The maximum Gasteiger partial charge on any atom is 0.268 e. The van der Waals surface area contributed by atoms with Crippen LogP contribution in [0.1, 0.15) is 43.6 Å². The number of carbonyl (C=O) groups is 3. The molecule has 8 nitrogen and oxygen atoms in total. The highest BCUT2D eigenvalue weighted by atomic mass is 16.5. The van der Waals surface area contributed by atoms with E-state index in [0.717, 1.165) is 10.9 Å². The number of aromatic nitrogens is 1. The van der Waals surface area contributed by atoms with Crippen LogP contribution in [0.3, 0.4) is 0 Å². The van der Waals surface area contributed by atoms with Crippen molar-refractivity contribution >= 4 is 28.6 Å². The van der Waals surface area contributed by atoms with Gasteiger partial charge in [-0.1, -0.05) is 25.8 Å². The van der Waals surface area contributed by atoms with E-state index >= 15 is 0 Å². The van der Waals surface area contributed by atoms with Gasteiger partial charge >= 0.3 is 0 Å². The summed E-state index contributed by atoms with van der Waals surface area (Å²) in [4.78, 5) is 39.6. The van der Waals surface area contributed by atoms with E-state index in [1.165, 1.54) is 0 Å². The number of primary amides is 1. The first kappa shape index (κ1) is 22.8. The van der Waals surface area contributed by atoms with Gasteiger partial charge in [0.2, 0.25) is 11.8 Å². The molecule has 160 valence electrons. The van der Waals surface area contributed by atoms with Crippen molar-refractivity contribution in [1.29, 1.82) is 0 Å². The molecule has 0 saturated carbocycles. The number of rotatable bonds is 10. The molecule has 8 heteroatoms. The summed E-state index contributed by atoms with van der Waals surface area (Å²) in [5.41, 5.74) is 6.22. The minimum atomic E-state index is -0.782. The number of fused-ring (bicyclic) bond motifs is 1. The van der Waals surface area contributed by atoms with Gasteiger partial charge in [0.05, 0.1) is 13.2 Å². The topological polar surface area (TPSA) is 126 Å². The highest BCUT2D eigenvalue weighted by Crippen LogP contribution is 2.26. The summed E-state index contributed by atoms with van der Waals surface area (Å²) in [6.07, 6.45) is 6.18. The first-order valence-corrected chi connectivity index (χ1v) is 9.76. The Morgan fingerprint density at radius 1 is 1.27 bits per heavy atom. The minimum Gasteiger partial charge on any atom is -0.496 e. The number of benzene rings is 1. The van der Waals surface area contributed by atoms with E-state index in [-0.39, 0.29) is 18.8 Å². The Morgan fingerprint density at radius 2 is 2.00 bits per heavy atom. The van der Waals surface area contributed by atoms with Crippen molar-refractivity contribution in [3.8, 4) is 18.1 Å². The number of hydrogen-bond acceptors (Lipinski definition) is 4. The zero-order chi connectivity index (χ0) is 22.3. The van der Waals surface area contributed by atoms with Crippen LogP contribution >= 0.6 is 0 Å². The quantitative estimate of drug-likeness (QED) is 0.443. The lowest BCUT2D eigenvalue weighted by molar-refractivity contribution is -0.124. The molecule has 0 saturated heterocycles. The number of hydrogen-bond donors (Lipinski definition) is 4. The smallest absolute Gasteiger partial charge is 0.268 e. The molecule has 5 N–H and O–H groups in total. The Balaban J connectivity index is 2.15. The first-order valence-electron chi connectivity index (χ1n) is 9.76. The van der Waals surface area contributed by atoms with Crippen LogP contribution in [-0.2, 0) is 9.59 Å². The van der Waals surface area contributed by atoms with Gasteiger partial charge < -0.3 is 26.1 Å². The van der Waals surface area contributed by atoms with Gasteiger partial charge in [0, 0.05) is 17.3 Å². The van der Waals surface area contributed by atoms with Crippen molar-refractivity contribution in [2.24, 2.45) is 11.7 Å². The SMILES string of the molecule is C#C[C@H](CCC(N)=O)NC(=O)[C@H](CC(C)C)NC(=O)c1cc2c(OC)cccc2[nH]1. The average Bonchev–Trinajstić information content (AvgIpc) is 3.14. The van der Waals surface area contributed by atoms with Gasteiger partial charge in [-0.3, -0.25) is 14.4 Å². The third-order valence-corrected chi connectivity index (χ3v) is 4.61. The van der Waals surface area contributed by atoms with Crippen LogP contribution in [0.4, 0.5) is 0 Å². The lowest BCUT2D eigenvalue weighted by Crippen LogP contribution is -2.50. The average molecular weight is 412 g/mol. The molecule has 2 atom stereocenters. The van der Waals surface area contributed by atoms with E-state index in [9.17, 15) is 14.4 Å². The lowest BCUT2D eigenvalue weighted by atomic mass is 10.0. The van der Waals surface area contributed by atoms with E-state index < -0.39 is 29.8 Å². The van der Waals surface area contributed by atoms with Gasteiger partial charge in [-0.2, -0.15) is 0 Å². The molecule has 30 heavy (non-hydrogen) atoms. The second-order valence-electron chi connectivity index (χ2n) is 7.49. The molecule has 1 aromatic carbocycles. The standard InChI is InChI=1S/C22H28N4O4/c1-5-14(9-10-20(23)27)24-21(28)17(11-13(2)3)26-22(29)18-12-15-16(25-18)7-6-8-19(15)30-4/h1,6-8,12-14,17,25H,9-11H2,2-4H3,(H2,23,27)(H,24,28)(H,26,29)/t14-,17+/m1/s1. The molecule has 1 aromatic heterocycles. The van der Waals surface area contributed by atoms with Gasteiger partial charge in [0.15, 0.2) is 0 Å². The summed E-state index contributed by atoms with van der Waals surface area (Å²) in [6, 6.07) is 5.72. The normalized spacial score (nSPS) is 12.8. The summed E-state index contributed by atoms with van der Waals surface area (Å²) in [5, 5.41) is 6.25. The van der Waals surface area contributed by atoms with Gasteiger partial charge in [0.1, 0.15) is 17.5 Å². The highest BCUT2D eigenvalue weighted by molar-refractivity contribution is 6.01. The molecule has 0 aliphatic carbocycles. The predicted molar refractivity (Wildman–Crippen MR) is 115 cm³/mol. The number of amides is 3. The minimum absolute atomic E-state index is 0.0627. The molecule has 0 spiro atoms. The molecule has 2 rings (SSSR count). The summed E-state index contributed by atoms with van der Waals surface area (Å²) >= 11 is 0. The molecular weight excluding hydrogens is 384 g/mol. The van der Waals surface area contributed by atoms with E-state index in [1.807, 2.05) is 26.0 Å². The highest BCUT2D eigenvalue weighted by Gasteiger charge is 2.25. The number of nitrogens with one attached hydrogen (secondary N) is 3. The van der Waals surface area contributed by atoms with Crippen molar-refractivity contribution < 1.29 is 19.1 Å². The summed E-state index contributed by atoms with van der Waals surface area (Å²) < 4.78 is 5.32. The third kappa shape index (κ3) is 6.01. The molecule has 0 aliphatic heterocycles. The van der Waals surface area contributed by atoms with Crippen LogP contribution in [0.5, 0.6) is 5.75 Å². The summed E-state index contributed by atoms with van der Waals surface area (Å²) in [5.74, 6) is 1.92. The Hall–Kier alpha value is -3.47. The zero-order valence-corrected chi connectivity index (χ0v) is 17.5. The van der Waals surface area contributed by atoms with Gasteiger partial charge in [0.25, 0.3) is 5.91 Å². The largest absolute Gasteiger partial charge is 0.496 e. The van der Waals surface area contributed by atoms with Crippen molar-refractivity contribution in [2.45, 2.75) is 45.2 Å². The van der Waals surface area contributed by atoms with Gasteiger partial charge in [-0.05, 0) is 37.0 Å². The number of terminal acetylenes is 1. The van der Waals surface area contributed by atoms with E-state index in [4.69, 9.17) is 16.9 Å². The van der Waals surface area contributed by atoms with Crippen molar-refractivity contribution in [3.63, 3.8) is 0 Å². The van der Waals surface area contributed by atoms with Crippen LogP contribution in [0.2, 0.25) is 0 Å². The first-order chi connectivity index (χ1) is 14.2. The van der Waals surface area contributed by atoms with Crippen LogP contribution in [0, 0.1) is 18.3 Å². The van der Waals surface area contributed by atoms with Crippen LogP contribution < -0.4 is 21.1 Å². The molecule has 0 aliphatic rings. The van der Waals surface area contributed by atoms with Gasteiger partial charge in [-0.25, -0.2) is 0 Å². The van der Waals surface area contributed by atoms with Crippen molar-refractivity contribution in [3.05, 3.63) is 30.0 Å². The Morgan fingerprint density at radius 3 is 2.60 bits per heavy atom. The van der Waals surface area contributed by atoms with Crippen molar-refractivity contribution in [2.75, 3.05) is 7.11 Å². The van der Waals surface area contributed by atoms with Crippen LogP contribution in [0.15, 0.2) is 24.3 Å². The monoisotopic (exact) mass is 412 g/mol. The number of methoxy groups -OCH3 is 1. The van der Waals surface area contributed by atoms with Gasteiger partial charge in [-0.15, -0.1) is 6.42 Å². The second kappa shape index (κ2) is 10.3. The number of nitrogens with two attached hydrogens (primary N) is 1. The fourth-order valence-electron chi connectivity index (χ4n) is 3.12. The predicted octanol–water partition coefficient (Wildman–Crippen LogP) is 1.70. The van der Waals surface area contributed by atoms with E-state index in [1.54, 1.807) is 19.2 Å². The molecule has 0 fully saturated rings.